The van der Waals surface area contributed by atoms with E-state index in [0.29, 0.717) is 17.6 Å². The van der Waals surface area contributed by atoms with Gasteiger partial charge in [-0.05, 0) is 17.7 Å². The Kier molecular flexibility index (Phi) is 2.01. The maximum atomic E-state index is 10.7. The van der Waals surface area contributed by atoms with Gasteiger partial charge in [0.05, 0.1) is 6.54 Å². The Labute approximate surface area is 79.6 Å². The third kappa shape index (κ3) is 1.27. The van der Waals surface area contributed by atoms with E-state index in [-0.39, 0.29) is 0 Å². The molecule has 1 aromatic rings. The highest BCUT2D eigenvalue weighted by atomic mass is 16.4. The van der Waals surface area contributed by atoms with E-state index < -0.39 is 12.0 Å². The first-order valence-electron chi connectivity index (χ1n) is 4.17. The van der Waals surface area contributed by atoms with Gasteiger partial charge in [-0.1, -0.05) is 0 Å². The van der Waals surface area contributed by atoms with Crippen LogP contribution in [0, 0.1) is 0 Å². The number of hydrogen-bond acceptors (Lipinski definition) is 4. The molecule has 0 saturated carbocycles. The van der Waals surface area contributed by atoms with E-state index in [1.807, 2.05) is 0 Å². The molecule has 1 aliphatic heterocycles. The zero-order valence-corrected chi connectivity index (χ0v) is 7.34. The van der Waals surface area contributed by atoms with Crippen LogP contribution in [0.3, 0.4) is 0 Å². The highest BCUT2D eigenvalue weighted by Gasteiger charge is 2.20. The van der Waals surface area contributed by atoms with Crippen LogP contribution < -0.4 is 16.4 Å². The van der Waals surface area contributed by atoms with Crippen LogP contribution in [0.15, 0.2) is 23.3 Å². The molecular weight excluding hydrogens is 182 g/mol. The SMILES string of the molecule is N[C@H](C(=O)O)C1=c2cccnc2=NC1. The summed E-state index contributed by atoms with van der Waals surface area (Å²) in [5.41, 5.74) is 6.72. The van der Waals surface area contributed by atoms with Gasteiger partial charge in [0.25, 0.3) is 0 Å². The fraction of sp³-hybridized carbons (Fsp3) is 0.222. The van der Waals surface area contributed by atoms with Gasteiger partial charge < -0.3 is 10.8 Å². The summed E-state index contributed by atoms with van der Waals surface area (Å²) >= 11 is 0. The molecule has 0 aromatic carbocycles. The predicted octanol–water partition coefficient (Wildman–Crippen LogP) is -1.72. The minimum Gasteiger partial charge on any atom is -0.480 e. The van der Waals surface area contributed by atoms with Gasteiger partial charge in [-0.2, -0.15) is 0 Å². The van der Waals surface area contributed by atoms with E-state index in [9.17, 15) is 4.79 Å². The number of rotatable bonds is 2. The van der Waals surface area contributed by atoms with Crippen molar-refractivity contribution in [2.75, 3.05) is 6.54 Å². The summed E-state index contributed by atoms with van der Waals surface area (Å²) in [7, 11) is 0. The average Bonchev–Trinajstić information content (AvgIpc) is 2.60. The first-order chi connectivity index (χ1) is 6.70. The number of aliphatic carboxylic acids is 1. The normalized spacial score (nSPS) is 15.9. The minimum atomic E-state index is -1.04. The van der Waals surface area contributed by atoms with Gasteiger partial charge in [-0.25, -0.2) is 4.98 Å². The fourth-order valence-electron chi connectivity index (χ4n) is 1.43. The number of nitrogens with zero attached hydrogens (tertiary/aromatic N) is 2. The molecule has 5 nitrogen and oxygen atoms in total. The van der Waals surface area contributed by atoms with Crippen LogP contribution in [0.1, 0.15) is 0 Å². The van der Waals surface area contributed by atoms with Gasteiger partial charge >= 0.3 is 5.97 Å². The number of nitrogens with two attached hydrogens (primary N) is 1. The van der Waals surface area contributed by atoms with Gasteiger partial charge in [0, 0.05) is 11.4 Å². The van der Waals surface area contributed by atoms with E-state index in [1.165, 1.54) is 0 Å². The van der Waals surface area contributed by atoms with Crippen LogP contribution in [0.25, 0.3) is 5.57 Å². The van der Waals surface area contributed by atoms with Crippen molar-refractivity contribution in [3.8, 4) is 0 Å². The monoisotopic (exact) mass is 191 g/mol. The molecule has 0 saturated heterocycles. The highest BCUT2D eigenvalue weighted by molar-refractivity contribution is 5.86. The molecule has 2 rings (SSSR count). The van der Waals surface area contributed by atoms with Gasteiger partial charge in [0.1, 0.15) is 6.04 Å². The van der Waals surface area contributed by atoms with Crippen LogP contribution in [-0.2, 0) is 4.79 Å². The summed E-state index contributed by atoms with van der Waals surface area (Å²) in [5.74, 6) is -1.04. The molecule has 0 spiro atoms. The molecule has 0 amide bonds. The lowest BCUT2D eigenvalue weighted by atomic mass is 10.1. The summed E-state index contributed by atoms with van der Waals surface area (Å²) in [6.45, 7) is 0.333. The van der Waals surface area contributed by atoms with E-state index in [2.05, 4.69) is 9.98 Å². The number of hydrogen-bond donors (Lipinski definition) is 2. The zero-order chi connectivity index (χ0) is 10.1. The lowest BCUT2D eigenvalue weighted by molar-refractivity contribution is -0.137. The van der Waals surface area contributed by atoms with Crippen molar-refractivity contribution in [1.29, 1.82) is 0 Å². The van der Waals surface area contributed by atoms with Crippen molar-refractivity contribution in [2.45, 2.75) is 6.04 Å². The first-order valence-corrected chi connectivity index (χ1v) is 4.17. The number of carboxylic acids is 1. The summed E-state index contributed by atoms with van der Waals surface area (Å²) in [6.07, 6.45) is 1.62. The fourth-order valence-corrected chi connectivity index (χ4v) is 1.43. The van der Waals surface area contributed by atoms with Gasteiger partial charge in [0.15, 0.2) is 5.49 Å². The van der Waals surface area contributed by atoms with E-state index in [0.717, 1.165) is 5.22 Å². The second-order valence-corrected chi connectivity index (χ2v) is 3.03. The standard InChI is InChI=1S/C9H9N3O2/c10-7(9(13)14)6-4-12-8-5(6)2-1-3-11-8/h1-3,7H,4,10H2,(H,13,14)/t7-/m0/s1. The maximum Gasteiger partial charge on any atom is 0.324 e. The summed E-state index contributed by atoms with van der Waals surface area (Å²) in [4.78, 5) is 18.8. The van der Waals surface area contributed by atoms with Gasteiger partial charge in [0.2, 0.25) is 0 Å². The Bertz CT molecular complexity index is 495. The molecule has 0 unspecified atom stereocenters. The molecule has 5 heteroatoms. The number of pyridine rings is 1. The number of carboxylic acid groups (broad SMARTS) is 1. The Morgan fingerprint density at radius 2 is 2.43 bits per heavy atom. The molecular formula is C9H9N3O2. The number of carbonyl (C=O) groups is 1. The summed E-state index contributed by atoms with van der Waals surface area (Å²) in [6, 6.07) is 2.55. The first kappa shape index (κ1) is 8.83. The highest BCUT2D eigenvalue weighted by Crippen LogP contribution is 2.01. The predicted molar refractivity (Wildman–Crippen MR) is 48.9 cm³/mol. The molecule has 72 valence electrons. The Morgan fingerprint density at radius 1 is 1.64 bits per heavy atom. The summed E-state index contributed by atoms with van der Waals surface area (Å²) in [5, 5.41) is 9.51. The third-order valence-corrected chi connectivity index (χ3v) is 2.17. The molecule has 0 aliphatic carbocycles. The molecule has 2 heterocycles. The molecule has 1 aromatic heterocycles. The van der Waals surface area contributed by atoms with Crippen LogP contribution in [0.5, 0.6) is 0 Å². The van der Waals surface area contributed by atoms with E-state index in [1.54, 1.807) is 18.3 Å². The second-order valence-electron chi connectivity index (χ2n) is 3.03. The van der Waals surface area contributed by atoms with Crippen LogP contribution >= 0.6 is 0 Å². The van der Waals surface area contributed by atoms with Crippen molar-refractivity contribution >= 4 is 11.5 Å². The lowest BCUT2D eigenvalue weighted by Gasteiger charge is -2.05. The number of fused-ring (bicyclic) bond motifs is 1. The molecule has 1 atom stereocenters. The van der Waals surface area contributed by atoms with E-state index >= 15 is 0 Å². The molecule has 0 fully saturated rings. The Morgan fingerprint density at radius 3 is 3.14 bits per heavy atom. The Hall–Kier alpha value is -1.75. The second kappa shape index (κ2) is 3.19. The van der Waals surface area contributed by atoms with Crippen molar-refractivity contribution in [3.05, 3.63) is 29.0 Å². The van der Waals surface area contributed by atoms with E-state index in [4.69, 9.17) is 10.8 Å². The van der Waals surface area contributed by atoms with Crippen molar-refractivity contribution in [3.63, 3.8) is 0 Å². The Balaban J connectivity index is 2.61. The van der Waals surface area contributed by atoms with Crippen LogP contribution in [-0.4, -0.2) is 28.6 Å². The van der Waals surface area contributed by atoms with Crippen molar-refractivity contribution in [1.82, 2.24) is 4.98 Å². The lowest BCUT2D eigenvalue weighted by Crippen LogP contribution is -2.37. The maximum absolute atomic E-state index is 10.7. The molecule has 0 bridgehead atoms. The molecule has 0 radical (unpaired) electrons. The minimum absolute atomic E-state index is 0.333. The third-order valence-electron chi connectivity index (χ3n) is 2.17. The largest absolute Gasteiger partial charge is 0.480 e. The van der Waals surface area contributed by atoms with Gasteiger partial charge in [-0.15, -0.1) is 0 Å². The van der Waals surface area contributed by atoms with Gasteiger partial charge in [-0.3, -0.25) is 9.79 Å². The zero-order valence-electron chi connectivity index (χ0n) is 7.34. The topological polar surface area (TPSA) is 88.6 Å². The summed E-state index contributed by atoms with van der Waals surface area (Å²) < 4.78 is 0. The molecule has 1 aliphatic rings. The average molecular weight is 191 g/mol. The molecule has 14 heavy (non-hydrogen) atoms. The van der Waals surface area contributed by atoms with Crippen LogP contribution in [0.2, 0.25) is 0 Å². The van der Waals surface area contributed by atoms with Crippen LogP contribution in [0.4, 0.5) is 0 Å². The quantitative estimate of drug-likeness (QED) is 0.581. The van der Waals surface area contributed by atoms with Crippen molar-refractivity contribution in [2.24, 2.45) is 10.7 Å². The molecule has 3 N–H and O–H groups in total. The number of aromatic nitrogens is 1. The smallest absolute Gasteiger partial charge is 0.324 e. The van der Waals surface area contributed by atoms with Crippen molar-refractivity contribution < 1.29 is 9.90 Å².